The third-order valence-corrected chi connectivity index (χ3v) is 12.3. The van der Waals surface area contributed by atoms with E-state index >= 15 is 0 Å². The van der Waals surface area contributed by atoms with Crippen molar-refractivity contribution in [2.75, 3.05) is 0 Å². The first kappa shape index (κ1) is 28.0. The molecular formula is C36H30CuOP2+2. The molecule has 1 radical (unpaired) electrons. The fourth-order valence-electron chi connectivity index (χ4n) is 5.02. The Morgan fingerprint density at radius 3 is 0.850 bits per heavy atom. The van der Waals surface area contributed by atoms with Crippen molar-refractivity contribution in [1.82, 2.24) is 0 Å². The van der Waals surface area contributed by atoms with Crippen molar-refractivity contribution in [2.45, 2.75) is 0 Å². The zero-order valence-corrected chi connectivity index (χ0v) is 24.8. The van der Waals surface area contributed by atoms with Crippen LogP contribution in [0.25, 0.3) is 0 Å². The van der Waals surface area contributed by atoms with Crippen LogP contribution >= 0.6 is 15.8 Å². The van der Waals surface area contributed by atoms with Gasteiger partial charge in [-0.2, -0.15) is 0 Å². The van der Waals surface area contributed by atoms with Gasteiger partial charge in [-0.3, -0.25) is 0 Å². The molecule has 0 fully saturated rings. The molecule has 0 aromatic heterocycles. The van der Waals surface area contributed by atoms with E-state index in [-0.39, 0.29) is 17.1 Å². The maximum Gasteiger partial charge on any atom is 0.170 e. The Hall–Kier alpha value is -3.50. The van der Waals surface area contributed by atoms with Crippen LogP contribution in [0.3, 0.4) is 0 Å². The second-order valence-corrected chi connectivity index (χ2v) is 14.2. The molecule has 0 aliphatic rings. The largest absolute Gasteiger partial charge is 0.449 e. The van der Waals surface area contributed by atoms with Crippen LogP contribution in [0.1, 0.15) is 0 Å². The predicted octanol–water partition coefficient (Wildman–Crippen LogP) is 6.46. The SMILES string of the molecule is [Cu].c1ccc([PH+](c2ccccc2)c2ccccc2Oc2ccccc2[PH+](c2ccccc2)c2ccccc2)cc1. The van der Waals surface area contributed by atoms with Crippen molar-refractivity contribution in [3.8, 4) is 11.5 Å². The molecule has 40 heavy (non-hydrogen) atoms. The number of ether oxygens (including phenoxy) is 1. The van der Waals surface area contributed by atoms with Crippen molar-refractivity contribution in [1.29, 1.82) is 0 Å². The van der Waals surface area contributed by atoms with Crippen molar-refractivity contribution >= 4 is 47.7 Å². The van der Waals surface area contributed by atoms with Crippen LogP contribution in [0, 0.1) is 0 Å². The van der Waals surface area contributed by atoms with Gasteiger partial charge < -0.3 is 4.74 Å². The number of para-hydroxylation sites is 2. The van der Waals surface area contributed by atoms with Crippen molar-refractivity contribution < 1.29 is 21.8 Å². The van der Waals surface area contributed by atoms with E-state index in [4.69, 9.17) is 4.74 Å². The minimum atomic E-state index is -1.28. The molecule has 199 valence electrons. The molecule has 0 saturated heterocycles. The fraction of sp³-hybridized carbons (Fsp3) is 0. The van der Waals surface area contributed by atoms with E-state index in [1.807, 2.05) is 0 Å². The number of hydrogen-bond donors (Lipinski definition) is 0. The monoisotopic (exact) mass is 603 g/mol. The maximum absolute atomic E-state index is 6.94. The van der Waals surface area contributed by atoms with E-state index in [1.54, 1.807) is 0 Å². The molecule has 0 saturated carbocycles. The van der Waals surface area contributed by atoms with Gasteiger partial charge in [0.2, 0.25) is 0 Å². The third kappa shape index (κ3) is 6.28. The van der Waals surface area contributed by atoms with Gasteiger partial charge in [0.15, 0.2) is 11.5 Å². The summed E-state index contributed by atoms with van der Waals surface area (Å²) in [5, 5.41) is 7.88. The van der Waals surface area contributed by atoms with Crippen LogP contribution in [0.15, 0.2) is 170 Å². The van der Waals surface area contributed by atoms with Crippen LogP contribution in [0.5, 0.6) is 11.5 Å². The molecule has 0 spiro atoms. The summed E-state index contributed by atoms with van der Waals surface area (Å²) in [6.07, 6.45) is 0. The summed E-state index contributed by atoms with van der Waals surface area (Å²) in [4.78, 5) is 0. The zero-order chi connectivity index (χ0) is 26.3. The normalized spacial score (nSPS) is 10.8. The second-order valence-electron chi connectivity index (χ2n) is 9.31. The Bertz CT molecular complexity index is 1420. The van der Waals surface area contributed by atoms with E-state index in [2.05, 4.69) is 170 Å². The van der Waals surface area contributed by atoms with Crippen LogP contribution < -0.4 is 36.6 Å². The minimum absolute atomic E-state index is 0. The fourth-order valence-corrected chi connectivity index (χ4v) is 10.3. The molecule has 4 heteroatoms. The van der Waals surface area contributed by atoms with Gasteiger partial charge in [0.25, 0.3) is 0 Å². The van der Waals surface area contributed by atoms with Gasteiger partial charge in [-0.1, -0.05) is 97.1 Å². The molecular weight excluding hydrogens is 574 g/mol. The number of benzene rings is 6. The molecule has 0 N–H and O–H groups in total. The molecule has 0 aliphatic carbocycles. The van der Waals surface area contributed by atoms with E-state index in [1.165, 1.54) is 31.8 Å². The first-order chi connectivity index (χ1) is 19.4. The smallest absolute Gasteiger partial charge is 0.170 e. The van der Waals surface area contributed by atoms with Crippen molar-refractivity contribution in [2.24, 2.45) is 0 Å². The Kier molecular flexibility index (Phi) is 9.62. The zero-order valence-electron chi connectivity index (χ0n) is 21.9. The van der Waals surface area contributed by atoms with E-state index in [0.717, 1.165) is 11.5 Å². The molecule has 6 aromatic rings. The van der Waals surface area contributed by atoms with Gasteiger partial charge in [0.1, 0.15) is 47.7 Å². The average molecular weight is 604 g/mol. The van der Waals surface area contributed by atoms with Crippen LogP contribution in [-0.4, -0.2) is 0 Å². The Morgan fingerprint density at radius 2 is 0.550 bits per heavy atom. The average Bonchev–Trinajstić information content (AvgIpc) is 3.01. The predicted molar refractivity (Wildman–Crippen MR) is 173 cm³/mol. The first-order valence-corrected chi connectivity index (χ1v) is 16.2. The Labute approximate surface area is 249 Å². The number of rotatable bonds is 8. The summed E-state index contributed by atoms with van der Waals surface area (Å²) in [5.41, 5.74) is 0. The first-order valence-electron chi connectivity index (χ1n) is 13.2. The molecule has 0 atom stereocenters. The van der Waals surface area contributed by atoms with Gasteiger partial charge in [-0.05, 0) is 72.8 Å². The van der Waals surface area contributed by atoms with Crippen LogP contribution in [0.4, 0.5) is 0 Å². The van der Waals surface area contributed by atoms with Crippen LogP contribution in [-0.2, 0) is 17.1 Å². The maximum atomic E-state index is 6.94. The van der Waals surface area contributed by atoms with Crippen molar-refractivity contribution in [3.05, 3.63) is 170 Å². The van der Waals surface area contributed by atoms with Gasteiger partial charge in [0.05, 0.1) is 0 Å². The molecule has 0 bridgehead atoms. The molecule has 1 nitrogen and oxygen atoms in total. The molecule has 6 aromatic carbocycles. The topological polar surface area (TPSA) is 9.23 Å². The summed E-state index contributed by atoms with van der Waals surface area (Å²) >= 11 is 0. The summed E-state index contributed by atoms with van der Waals surface area (Å²) in [7, 11) is -2.56. The summed E-state index contributed by atoms with van der Waals surface area (Å²) in [6, 6.07) is 60.6. The van der Waals surface area contributed by atoms with Gasteiger partial charge in [-0.25, -0.2) is 0 Å². The number of hydrogen-bond acceptors (Lipinski definition) is 1. The quantitative estimate of drug-likeness (QED) is 0.143. The van der Waals surface area contributed by atoms with Gasteiger partial charge in [-0.15, -0.1) is 0 Å². The Morgan fingerprint density at radius 1 is 0.300 bits per heavy atom. The van der Waals surface area contributed by atoms with E-state index < -0.39 is 15.8 Å². The Balaban J connectivity index is 0.00000323. The van der Waals surface area contributed by atoms with Gasteiger partial charge >= 0.3 is 0 Å². The van der Waals surface area contributed by atoms with E-state index in [9.17, 15) is 0 Å². The molecule has 0 unspecified atom stereocenters. The summed E-state index contributed by atoms with van der Waals surface area (Å²) < 4.78 is 6.94. The third-order valence-electron chi connectivity index (χ3n) is 6.78. The summed E-state index contributed by atoms with van der Waals surface area (Å²) in [5.74, 6) is 1.85. The standard InChI is InChI=1S/C36H28OP2.Cu/c1-5-17-29(18-6-1)38(30-19-7-2-8-20-30)35-27-15-13-25-33(35)37-34-26-14-16-28-36(34)39(31-21-9-3-10-22-31)32-23-11-4-12-24-32;/h1-28H;/p+2. The molecule has 6 rings (SSSR count). The van der Waals surface area contributed by atoms with Gasteiger partial charge in [0, 0.05) is 17.1 Å². The molecule has 0 heterocycles. The van der Waals surface area contributed by atoms with Crippen molar-refractivity contribution in [3.63, 3.8) is 0 Å². The molecule has 0 amide bonds. The van der Waals surface area contributed by atoms with Crippen LogP contribution in [0.2, 0.25) is 0 Å². The second kappa shape index (κ2) is 13.7. The van der Waals surface area contributed by atoms with E-state index in [0.29, 0.717) is 0 Å². The summed E-state index contributed by atoms with van der Waals surface area (Å²) in [6.45, 7) is 0. The molecule has 0 aliphatic heterocycles. The minimum Gasteiger partial charge on any atom is -0.449 e.